The van der Waals surface area contributed by atoms with Crippen molar-refractivity contribution < 1.29 is 9.53 Å². The van der Waals surface area contributed by atoms with E-state index in [-0.39, 0.29) is 0 Å². The smallest absolute Gasteiger partial charge is 0.407 e. The molecule has 1 N–H and O–H groups in total. The molecule has 17 heavy (non-hydrogen) atoms. The summed E-state index contributed by atoms with van der Waals surface area (Å²) in [6, 6.07) is 3.80. The summed E-state index contributed by atoms with van der Waals surface area (Å²) in [5, 5.41) is 2.64. The van der Waals surface area contributed by atoms with E-state index in [4.69, 9.17) is 4.74 Å². The number of hydrogen-bond acceptors (Lipinski definition) is 3. The minimum atomic E-state index is -0.461. The lowest BCUT2D eigenvalue weighted by atomic mass is 10.2. The Labute approximate surface area is 102 Å². The number of nitrogens with one attached hydrogen (secondary N) is 1. The van der Waals surface area contributed by atoms with Gasteiger partial charge < -0.3 is 10.1 Å². The van der Waals surface area contributed by atoms with Crippen LogP contribution in [0.25, 0.3) is 6.08 Å². The summed E-state index contributed by atoms with van der Waals surface area (Å²) < 4.78 is 5.09. The van der Waals surface area contributed by atoms with Gasteiger partial charge in [-0.05, 0) is 32.4 Å². The Bertz CT molecular complexity index is 380. The maximum absolute atomic E-state index is 11.3. The van der Waals surface area contributed by atoms with E-state index in [0.29, 0.717) is 6.54 Å². The summed E-state index contributed by atoms with van der Waals surface area (Å²) in [6.07, 6.45) is 6.80. The molecule has 1 rings (SSSR count). The van der Waals surface area contributed by atoms with Crippen LogP contribution in [-0.2, 0) is 4.74 Å². The molecule has 0 saturated carbocycles. The average molecular weight is 234 g/mol. The highest BCUT2D eigenvalue weighted by Crippen LogP contribution is 2.06. The lowest BCUT2D eigenvalue weighted by Crippen LogP contribution is -2.32. The lowest BCUT2D eigenvalue weighted by Gasteiger charge is -2.19. The van der Waals surface area contributed by atoms with E-state index >= 15 is 0 Å². The number of aromatic nitrogens is 1. The van der Waals surface area contributed by atoms with Crippen molar-refractivity contribution in [1.82, 2.24) is 10.3 Å². The number of hydrogen-bond donors (Lipinski definition) is 1. The van der Waals surface area contributed by atoms with Gasteiger partial charge in [0.05, 0.1) is 0 Å². The summed E-state index contributed by atoms with van der Waals surface area (Å²) >= 11 is 0. The van der Waals surface area contributed by atoms with Gasteiger partial charge in [0.15, 0.2) is 0 Å². The average Bonchev–Trinajstić information content (AvgIpc) is 2.23. The second-order valence-electron chi connectivity index (χ2n) is 4.57. The molecule has 0 bridgehead atoms. The number of amides is 1. The van der Waals surface area contributed by atoms with E-state index in [1.54, 1.807) is 12.4 Å². The summed E-state index contributed by atoms with van der Waals surface area (Å²) in [7, 11) is 0. The highest BCUT2D eigenvalue weighted by Gasteiger charge is 2.14. The van der Waals surface area contributed by atoms with Crippen LogP contribution in [0.4, 0.5) is 4.79 Å². The predicted octanol–water partition coefficient (Wildman–Crippen LogP) is 2.62. The number of carbonyl (C=O) groups excluding carboxylic acids is 1. The predicted molar refractivity (Wildman–Crippen MR) is 67.5 cm³/mol. The highest BCUT2D eigenvalue weighted by atomic mass is 16.6. The van der Waals surface area contributed by atoms with Gasteiger partial charge in [0.2, 0.25) is 0 Å². The molecule has 1 amide bonds. The molecule has 0 aliphatic rings. The molecule has 1 aromatic heterocycles. The van der Waals surface area contributed by atoms with Gasteiger partial charge in [-0.25, -0.2) is 4.79 Å². The Kier molecular flexibility index (Phi) is 4.69. The Morgan fingerprint density at radius 3 is 2.88 bits per heavy atom. The first-order valence-electron chi connectivity index (χ1n) is 5.51. The zero-order valence-corrected chi connectivity index (χ0v) is 10.4. The Hall–Kier alpha value is -1.84. The summed E-state index contributed by atoms with van der Waals surface area (Å²) in [4.78, 5) is 15.3. The molecular formula is C13H18N2O2. The van der Waals surface area contributed by atoms with Crippen LogP contribution in [0.3, 0.4) is 0 Å². The SMILES string of the molecule is CC(C)(C)OC(=O)NC/C=C/c1cccnc1. The molecule has 0 spiro atoms. The van der Waals surface area contributed by atoms with Gasteiger partial charge in [-0.3, -0.25) is 4.98 Å². The maximum Gasteiger partial charge on any atom is 0.407 e. The second-order valence-corrected chi connectivity index (χ2v) is 4.57. The molecule has 4 heteroatoms. The summed E-state index contributed by atoms with van der Waals surface area (Å²) in [5.41, 5.74) is 0.537. The van der Waals surface area contributed by atoms with Crippen molar-refractivity contribution >= 4 is 12.2 Å². The van der Waals surface area contributed by atoms with E-state index in [1.807, 2.05) is 45.1 Å². The third-order valence-electron chi connectivity index (χ3n) is 1.76. The molecule has 0 saturated heterocycles. The number of ether oxygens (including phenoxy) is 1. The number of alkyl carbamates (subject to hydrolysis) is 1. The van der Waals surface area contributed by atoms with Crippen LogP contribution in [0.5, 0.6) is 0 Å². The van der Waals surface area contributed by atoms with Crippen LogP contribution in [0.1, 0.15) is 26.3 Å². The van der Waals surface area contributed by atoms with Crippen LogP contribution < -0.4 is 5.32 Å². The number of carbonyl (C=O) groups is 1. The van der Waals surface area contributed by atoms with Crippen molar-refractivity contribution in [3.63, 3.8) is 0 Å². The number of pyridine rings is 1. The monoisotopic (exact) mass is 234 g/mol. The first kappa shape index (κ1) is 13.2. The molecule has 0 aliphatic heterocycles. The minimum Gasteiger partial charge on any atom is -0.444 e. The topological polar surface area (TPSA) is 51.2 Å². The standard InChI is InChI=1S/C13H18N2O2/c1-13(2,3)17-12(16)15-9-5-7-11-6-4-8-14-10-11/h4-8,10H,9H2,1-3H3,(H,15,16)/b7-5+. The third kappa shape index (κ3) is 6.35. The molecule has 1 aromatic rings. The summed E-state index contributed by atoms with van der Waals surface area (Å²) in [6.45, 7) is 5.93. The van der Waals surface area contributed by atoms with Crippen molar-refractivity contribution in [2.45, 2.75) is 26.4 Å². The van der Waals surface area contributed by atoms with Crippen molar-refractivity contribution in [1.29, 1.82) is 0 Å². The molecular weight excluding hydrogens is 216 g/mol. The molecule has 0 unspecified atom stereocenters. The van der Waals surface area contributed by atoms with Crippen molar-refractivity contribution in [3.05, 3.63) is 36.2 Å². The zero-order valence-electron chi connectivity index (χ0n) is 10.4. The highest BCUT2D eigenvalue weighted by molar-refractivity contribution is 5.68. The maximum atomic E-state index is 11.3. The lowest BCUT2D eigenvalue weighted by molar-refractivity contribution is 0.0534. The summed E-state index contributed by atoms with van der Waals surface area (Å²) in [5.74, 6) is 0. The molecule has 0 aromatic carbocycles. The fraction of sp³-hybridized carbons (Fsp3) is 0.385. The molecule has 0 fully saturated rings. The molecule has 1 heterocycles. The van der Waals surface area contributed by atoms with Gasteiger partial charge in [-0.15, -0.1) is 0 Å². The van der Waals surface area contributed by atoms with Crippen LogP contribution >= 0.6 is 0 Å². The Balaban J connectivity index is 2.29. The first-order valence-corrected chi connectivity index (χ1v) is 5.51. The van der Waals surface area contributed by atoms with Crippen molar-refractivity contribution in [3.8, 4) is 0 Å². The van der Waals surface area contributed by atoms with E-state index in [0.717, 1.165) is 5.56 Å². The largest absolute Gasteiger partial charge is 0.444 e. The molecule has 0 aliphatic carbocycles. The Morgan fingerprint density at radius 1 is 1.53 bits per heavy atom. The quantitative estimate of drug-likeness (QED) is 0.874. The van der Waals surface area contributed by atoms with Gasteiger partial charge in [-0.2, -0.15) is 0 Å². The fourth-order valence-corrected chi connectivity index (χ4v) is 1.13. The van der Waals surface area contributed by atoms with Gasteiger partial charge >= 0.3 is 6.09 Å². The van der Waals surface area contributed by atoms with E-state index in [9.17, 15) is 4.79 Å². The van der Waals surface area contributed by atoms with Crippen molar-refractivity contribution in [2.24, 2.45) is 0 Å². The molecule has 4 nitrogen and oxygen atoms in total. The molecule has 0 radical (unpaired) electrons. The molecule has 0 atom stereocenters. The van der Waals surface area contributed by atoms with Gasteiger partial charge in [0.25, 0.3) is 0 Å². The normalized spacial score (nSPS) is 11.5. The van der Waals surface area contributed by atoms with Gasteiger partial charge in [0.1, 0.15) is 5.60 Å². The van der Waals surface area contributed by atoms with E-state index < -0.39 is 11.7 Å². The minimum absolute atomic E-state index is 0.409. The van der Waals surface area contributed by atoms with Crippen LogP contribution in [0.2, 0.25) is 0 Å². The second kappa shape index (κ2) is 6.03. The number of nitrogens with zero attached hydrogens (tertiary/aromatic N) is 1. The van der Waals surface area contributed by atoms with E-state index in [2.05, 4.69) is 10.3 Å². The van der Waals surface area contributed by atoms with Crippen LogP contribution in [-0.4, -0.2) is 23.2 Å². The van der Waals surface area contributed by atoms with E-state index in [1.165, 1.54) is 0 Å². The number of rotatable bonds is 3. The third-order valence-corrected chi connectivity index (χ3v) is 1.76. The first-order chi connectivity index (χ1) is 7.97. The van der Waals surface area contributed by atoms with Crippen LogP contribution in [0, 0.1) is 0 Å². The fourth-order valence-electron chi connectivity index (χ4n) is 1.13. The van der Waals surface area contributed by atoms with Crippen molar-refractivity contribution in [2.75, 3.05) is 6.54 Å². The zero-order chi connectivity index (χ0) is 12.7. The Morgan fingerprint density at radius 2 is 2.29 bits per heavy atom. The van der Waals surface area contributed by atoms with Gasteiger partial charge in [-0.1, -0.05) is 18.2 Å². The molecule has 92 valence electrons. The van der Waals surface area contributed by atoms with Crippen LogP contribution in [0.15, 0.2) is 30.6 Å². The van der Waals surface area contributed by atoms with Gasteiger partial charge in [0, 0.05) is 18.9 Å².